The summed E-state index contributed by atoms with van der Waals surface area (Å²) >= 11 is 0. The van der Waals surface area contributed by atoms with Crippen LogP contribution in [0.15, 0.2) is 41.1 Å². The molecule has 0 spiro atoms. The maximum Gasteiger partial charge on any atom is 0.0855 e. The molecule has 1 aliphatic carbocycles. The molecule has 1 aromatic rings. The lowest BCUT2D eigenvalue weighted by Crippen LogP contribution is -2.19. The normalized spacial score (nSPS) is 26.2. The van der Waals surface area contributed by atoms with E-state index < -0.39 is 0 Å². The lowest BCUT2D eigenvalue weighted by molar-refractivity contribution is 0.313. The Morgan fingerprint density at radius 1 is 1.31 bits per heavy atom. The van der Waals surface area contributed by atoms with Crippen LogP contribution in [0.1, 0.15) is 31.7 Å². The predicted molar refractivity (Wildman–Crippen MR) is 66.7 cm³/mol. The molecule has 1 fully saturated rings. The van der Waals surface area contributed by atoms with Gasteiger partial charge >= 0.3 is 0 Å². The number of benzene rings is 1. The molecule has 1 saturated carbocycles. The van der Waals surface area contributed by atoms with Crippen LogP contribution in [0.2, 0.25) is 0 Å². The van der Waals surface area contributed by atoms with Crippen molar-refractivity contribution < 1.29 is 5.21 Å². The van der Waals surface area contributed by atoms with E-state index in [4.69, 9.17) is 5.21 Å². The van der Waals surface area contributed by atoms with E-state index in [1.807, 2.05) is 18.2 Å². The van der Waals surface area contributed by atoms with Gasteiger partial charge < -0.3 is 5.21 Å². The molecule has 0 bridgehead atoms. The minimum absolute atomic E-state index is 0.369. The number of hydrogen-bond donors (Lipinski definition) is 1. The largest absolute Gasteiger partial charge is 0.411 e. The molecule has 84 valence electrons. The zero-order valence-electron chi connectivity index (χ0n) is 9.56. The lowest BCUT2D eigenvalue weighted by atomic mass is 9.84. The van der Waals surface area contributed by atoms with Crippen molar-refractivity contribution >= 4 is 11.8 Å². The summed E-state index contributed by atoms with van der Waals surface area (Å²) < 4.78 is 0. The van der Waals surface area contributed by atoms with Gasteiger partial charge in [-0.05, 0) is 36.5 Å². The summed E-state index contributed by atoms with van der Waals surface area (Å²) in [5, 5.41) is 12.5. The molecular weight excluding hydrogens is 198 g/mol. The third kappa shape index (κ3) is 2.32. The molecule has 2 nitrogen and oxygen atoms in total. The van der Waals surface area contributed by atoms with Gasteiger partial charge in [0.05, 0.1) is 5.71 Å². The molecule has 0 heterocycles. The molecule has 0 amide bonds. The fraction of sp³-hybridized carbons (Fsp3) is 0.357. The highest BCUT2D eigenvalue weighted by Crippen LogP contribution is 2.27. The molecule has 0 saturated heterocycles. The van der Waals surface area contributed by atoms with E-state index >= 15 is 0 Å². The summed E-state index contributed by atoms with van der Waals surface area (Å²) in [4.78, 5) is 0. The van der Waals surface area contributed by atoms with Crippen LogP contribution in [-0.2, 0) is 0 Å². The minimum atomic E-state index is 0.369. The van der Waals surface area contributed by atoms with Crippen LogP contribution in [0, 0.1) is 5.92 Å². The molecule has 1 aromatic carbocycles. The number of nitrogens with zero attached hydrogens (tertiary/aromatic N) is 1. The van der Waals surface area contributed by atoms with Crippen LogP contribution >= 0.6 is 0 Å². The van der Waals surface area contributed by atoms with Crippen LogP contribution in [0.3, 0.4) is 0 Å². The van der Waals surface area contributed by atoms with Crippen molar-refractivity contribution in [1.82, 2.24) is 0 Å². The summed E-state index contributed by atoms with van der Waals surface area (Å²) in [6.07, 6.45) is 5.44. The van der Waals surface area contributed by atoms with Crippen molar-refractivity contribution in [2.24, 2.45) is 11.1 Å². The van der Waals surface area contributed by atoms with E-state index in [2.05, 4.69) is 30.3 Å². The molecular formula is C14H17NO. The topological polar surface area (TPSA) is 32.6 Å². The Morgan fingerprint density at radius 2 is 2.06 bits per heavy atom. The average molecular weight is 215 g/mol. The summed E-state index contributed by atoms with van der Waals surface area (Å²) in [6.45, 7) is 2.12. The molecule has 0 radical (unpaired) electrons. The first kappa shape index (κ1) is 10.9. The zero-order valence-corrected chi connectivity index (χ0v) is 9.56. The van der Waals surface area contributed by atoms with Crippen LogP contribution in [0.5, 0.6) is 0 Å². The van der Waals surface area contributed by atoms with Gasteiger partial charge in [0.25, 0.3) is 0 Å². The Morgan fingerprint density at radius 3 is 2.75 bits per heavy atom. The van der Waals surface area contributed by atoms with Crippen molar-refractivity contribution in [3.63, 3.8) is 0 Å². The van der Waals surface area contributed by atoms with Crippen molar-refractivity contribution in [2.45, 2.75) is 26.2 Å². The molecule has 2 heteroatoms. The van der Waals surface area contributed by atoms with E-state index in [-0.39, 0.29) is 0 Å². The summed E-state index contributed by atoms with van der Waals surface area (Å²) in [6, 6.07) is 10.2. The number of oxime groups is 1. The van der Waals surface area contributed by atoms with E-state index in [0.717, 1.165) is 18.6 Å². The number of allylic oxidation sites excluding steroid dienone is 1. The van der Waals surface area contributed by atoms with Crippen LogP contribution in [0.4, 0.5) is 0 Å². The molecule has 0 aromatic heterocycles. The molecule has 0 unspecified atom stereocenters. The number of hydrogen-bond acceptors (Lipinski definition) is 2. The van der Waals surface area contributed by atoms with E-state index in [1.54, 1.807) is 0 Å². The maximum atomic E-state index is 9.06. The SMILES string of the molecule is C[C@H]1CCCC(=C\c2ccccc2)/C1=N/O. The van der Waals surface area contributed by atoms with Gasteiger partial charge in [-0.1, -0.05) is 42.4 Å². The van der Waals surface area contributed by atoms with E-state index in [0.29, 0.717) is 5.92 Å². The second kappa shape index (κ2) is 4.97. The minimum Gasteiger partial charge on any atom is -0.411 e. The van der Waals surface area contributed by atoms with Crippen LogP contribution in [-0.4, -0.2) is 10.9 Å². The average Bonchev–Trinajstić information content (AvgIpc) is 2.31. The molecule has 2 rings (SSSR count). The van der Waals surface area contributed by atoms with Gasteiger partial charge in [-0.2, -0.15) is 0 Å². The van der Waals surface area contributed by atoms with Crippen molar-refractivity contribution in [2.75, 3.05) is 0 Å². The Balaban J connectivity index is 2.29. The summed E-state index contributed by atoms with van der Waals surface area (Å²) in [7, 11) is 0. The van der Waals surface area contributed by atoms with Gasteiger partial charge in [0.15, 0.2) is 0 Å². The van der Waals surface area contributed by atoms with Gasteiger partial charge in [-0.25, -0.2) is 0 Å². The van der Waals surface area contributed by atoms with Gasteiger partial charge in [-0.3, -0.25) is 0 Å². The fourth-order valence-electron chi connectivity index (χ4n) is 2.24. The van der Waals surface area contributed by atoms with Gasteiger partial charge in [-0.15, -0.1) is 0 Å². The Labute approximate surface area is 96.3 Å². The third-order valence-corrected chi connectivity index (χ3v) is 3.13. The highest BCUT2D eigenvalue weighted by molar-refractivity contribution is 6.05. The summed E-state index contributed by atoms with van der Waals surface area (Å²) in [5.74, 6) is 0.369. The summed E-state index contributed by atoms with van der Waals surface area (Å²) in [5.41, 5.74) is 3.20. The third-order valence-electron chi connectivity index (χ3n) is 3.13. The molecule has 16 heavy (non-hydrogen) atoms. The molecule has 1 aliphatic rings. The van der Waals surface area contributed by atoms with Gasteiger partial charge in [0, 0.05) is 5.92 Å². The first-order chi connectivity index (χ1) is 7.81. The standard InChI is InChI=1S/C14H17NO/c1-11-6-5-9-13(14(11)15-16)10-12-7-3-2-4-8-12/h2-4,7-8,10-11,16H,5-6,9H2,1H3/b13-10+,15-14+/t11-/m0/s1. The maximum absolute atomic E-state index is 9.06. The first-order valence-electron chi connectivity index (χ1n) is 5.79. The highest BCUT2D eigenvalue weighted by atomic mass is 16.4. The van der Waals surface area contributed by atoms with Crippen LogP contribution in [0.25, 0.3) is 6.08 Å². The second-order valence-electron chi connectivity index (χ2n) is 4.36. The van der Waals surface area contributed by atoms with Gasteiger partial charge in [0.2, 0.25) is 0 Å². The lowest BCUT2D eigenvalue weighted by Gasteiger charge is -2.22. The second-order valence-corrected chi connectivity index (χ2v) is 4.36. The Hall–Kier alpha value is -1.57. The molecule has 1 N–H and O–H groups in total. The highest BCUT2D eigenvalue weighted by Gasteiger charge is 2.21. The smallest absolute Gasteiger partial charge is 0.0855 e. The van der Waals surface area contributed by atoms with Crippen molar-refractivity contribution in [3.8, 4) is 0 Å². The monoisotopic (exact) mass is 215 g/mol. The zero-order chi connectivity index (χ0) is 11.4. The first-order valence-corrected chi connectivity index (χ1v) is 5.79. The Kier molecular flexibility index (Phi) is 3.40. The van der Waals surface area contributed by atoms with Crippen LogP contribution < -0.4 is 0 Å². The van der Waals surface area contributed by atoms with Gasteiger partial charge in [0.1, 0.15) is 0 Å². The number of rotatable bonds is 1. The fourth-order valence-corrected chi connectivity index (χ4v) is 2.24. The van der Waals surface area contributed by atoms with E-state index in [9.17, 15) is 0 Å². The predicted octanol–water partition coefficient (Wildman–Crippen LogP) is 3.72. The Bertz CT molecular complexity index is 406. The molecule has 1 atom stereocenters. The molecule has 0 aliphatic heterocycles. The van der Waals surface area contributed by atoms with E-state index in [1.165, 1.54) is 17.6 Å². The van der Waals surface area contributed by atoms with Crippen molar-refractivity contribution in [3.05, 3.63) is 41.5 Å². The van der Waals surface area contributed by atoms with Crippen molar-refractivity contribution in [1.29, 1.82) is 0 Å². The quantitative estimate of drug-likeness (QED) is 0.562.